The zero-order valence-corrected chi connectivity index (χ0v) is 15.1. The number of fused-ring (bicyclic) bond motifs is 1. The van der Waals surface area contributed by atoms with E-state index < -0.39 is 0 Å². The fourth-order valence-electron chi connectivity index (χ4n) is 3.77. The molecule has 1 fully saturated rings. The highest BCUT2D eigenvalue weighted by Gasteiger charge is 2.37. The number of amides is 1. The molecule has 1 aromatic heterocycles. The highest BCUT2D eigenvalue weighted by molar-refractivity contribution is 5.94. The van der Waals surface area contributed by atoms with Gasteiger partial charge in [0.05, 0.1) is 17.9 Å². The number of aromatic nitrogens is 2. The average Bonchev–Trinajstić information content (AvgIpc) is 2.78. The number of ether oxygens (including phenoxy) is 1. The first-order valence-corrected chi connectivity index (χ1v) is 8.42. The van der Waals surface area contributed by atoms with E-state index in [1.165, 1.54) is 0 Å². The minimum absolute atomic E-state index is 0.00749. The Morgan fingerprint density at radius 2 is 1.96 bits per heavy atom. The predicted octanol–water partition coefficient (Wildman–Crippen LogP) is 1.61. The fourth-order valence-corrected chi connectivity index (χ4v) is 3.77. The van der Waals surface area contributed by atoms with Crippen molar-refractivity contribution in [2.24, 2.45) is 7.05 Å². The van der Waals surface area contributed by atoms with Gasteiger partial charge >= 0.3 is 0 Å². The standard InChI is InChI=1S/C17H28N4O2/c1-11-9-13-14(18-20(6)15(13)12(2)23-11)16(22)21-8-7-19(5)17(3,4)10-21/h11-12H,7-10H2,1-6H3/t11-,12+/m1/s1. The molecular formula is C17H28N4O2. The van der Waals surface area contributed by atoms with Crippen LogP contribution in [0.25, 0.3) is 0 Å². The molecule has 1 saturated heterocycles. The topological polar surface area (TPSA) is 50.6 Å². The summed E-state index contributed by atoms with van der Waals surface area (Å²) in [6, 6.07) is 0. The maximum Gasteiger partial charge on any atom is 0.274 e. The van der Waals surface area contributed by atoms with Gasteiger partial charge in [0.2, 0.25) is 0 Å². The van der Waals surface area contributed by atoms with Gasteiger partial charge in [0, 0.05) is 44.2 Å². The molecule has 0 unspecified atom stereocenters. The number of piperazine rings is 1. The molecule has 3 heterocycles. The molecule has 2 aliphatic rings. The molecule has 3 rings (SSSR count). The zero-order chi connectivity index (χ0) is 16.9. The van der Waals surface area contributed by atoms with Crippen molar-refractivity contribution in [2.45, 2.75) is 51.9 Å². The van der Waals surface area contributed by atoms with Gasteiger partial charge in [0.25, 0.3) is 5.91 Å². The Morgan fingerprint density at radius 1 is 1.26 bits per heavy atom. The van der Waals surface area contributed by atoms with E-state index >= 15 is 0 Å². The maximum atomic E-state index is 13.1. The van der Waals surface area contributed by atoms with Crippen molar-refractivity contribution in [1.29, 1.82) is 0 Å². The Balaban J connectivity index is 1.91. The molecule has 0 aliphatic carbocycles. The molecular weight excluding hydrogens is 292 g/mol. The van der Waals surface area contributed by atoms with Crippen LogP contribution in [-0.4, -0.2) is 63.8 Å². The third-order valence-electron chi connectivity index (χ3n) is 5.31. The molecule has 1 amide bonds. The Bertz CT molecular complexity index is 622. The molecule has 128 valence electrons. The summed E-state index contributed by atoms with van der Waals surface area (Å²) in [7, 11) is 4.02. The summed E-state index contributed by atoms with van der Waals surface area (Å²) in [5.74, 6) is 0.0596. The monoisotopic (exact) mass is 320 g/mol. The number of carbonyl (C=O) groups excluding carboxylic acids is 1. The molecule has 0 saturated carbocycles. The number of aryl methyl sites for hydroxylation is 1. The van der Waals surface area contributed by atoms with Gasteiger partial charge in [-0.05, 0) is 34.7 Å². The Labute approximate surface area is 138 Å². The predicted molar refractivity (Wildman–Crippen MR) is 88.5 cm³/mol. The van der Waals surface area contributed by atoms with Crippen LogP contribution in [0.4, 0.5) is 0 Å². The lowest BCUT2D eigenvalue weighted by molar-refractivity contribution is -0.00915. The van der Waals surface area contributed by atoms with Gasteiger partial charge in [0.1, 0.15) is 0 Å². The Kier molecular flexibility index (Phi) is 4.01. The first-order valence-electron chi connectivity index (χ1n) is 8.42. The SMILES string of the molecule is C[C@@H]1Cc2c(C(=O)N3CCN(C)C(C)(C)C3)nn(C)c2[C@H](C)O1. The number of hydrogen-bond acceptors (Lipinski definition) is 4. The van der Waals surface area contributed by atoms with Gasteiger partial charge < -0.3 is 9.64 Å². The van der Waals surface area contributed by atoms with Crippen LogP contribution in [-0.2, 0) is 18.2 Å². The lowest BCUT2D eigenvalue weighted by Crippen LogP contribution is -2.59. The van der Waals surface area contributed by atoms with Crippen LogP contribution in [0, 0.1) is 0 Å². The molecule has 0 bridgehead atoms. The van der Waals surface area contributed by atoms with Gasteiger partial charge in [-0.2, -0.15) is 5.10 Å². The number of nitrogens with zero attached hydrogens (tertiary/aromatic N) is 4. The summed E-state index contributed by atoms with van der Waals surface area (Å²) in [6.07, 6.45) is 0.861. The Morgan fingerprint density at radius 3 is 2.61 bits per heavy atom. The van der Waals surface area contributed by atoms with E-state index in [2.05, 4.69) is 37.8 Å². The first kappa shape index (κ1) is 16.5. The van der Waals surface area contributed by atoms with Crippen molar-refractivity contribution in [2.75, 3.05) is 26.7 Å². The molecule has 0 spiro atoms. The second-order valence-electron chi connectivity index (χ2n) is 7.59. The summed E-state index contributed by atoms with van der Waals surface area (Å²) in [4.78, 5) is 17.3. The van der Waals surface area contributed by atoms with Crippen LogP contribution in [0.1, 0.15) is 55.5 Å². The molecule has 1 aromatic rings. The average molecular weight is 320 g/mol. The fraction of sp³-hybridized carbons (Fsp3) is 0.765. The molecule has 6 nitrogen and oxygen atoms in total. The number of likely N-dealkylation sites (N-methyl/N-ethyl adjacent to an activating group) is 1. The summed E-state index contributed by atoms with van der Waals surface area (Å²) >= 11 is 0. The quantitative estimate of drug-likeness (QED) is 0.789. The van der Waals surface area contributed by atoms with E-state index in [4.69, 9.17) is 4.74 Å². The van der Waals surface area contributed by atoms with E-state index in [1.807, 2.05) is 23.6 Å². The second kappa shape index (κ2) is 5.60. The maximum absolute atomic E-state index is 13.1. The van der Waals surface area contributed by atoms with Crippen LogP contribution >= 0.6 is 0 Å². The minimum atomic E-state index is -0.0169. The highest BCUT2D eigenvalue weighted by Crippen LogP contribution is 2.32. The summed E-state index contributed by atoms with van der Waals surface area (Å²) in [5.41, 5.74) is 2.72. The molecule has 2 atom stereocenters. The summed E-state index contributed by atoms with van der Waals surface area (Å²) in [5, 5.41) is 4.55. The Hall–Kier alpha value is -1.40. The van der Waals surface area contributed by atoms with Gasteiger partial charge in [-0.15, -0.1) is 0 Å². The number of rotatable bonds is 1. The van der Waals surface area contributed by atoms with E-state index in [0.29, 0.717) is 5.69 Å². The van der Waals surface area contributed by atoms with Gasteiger partial charge in [-0.3, -0.25) is 14.4 Å². The van der Waals surface area contributed by atoms with Crippen molar-refractivity contribution in [3.05, 3.63) is 17.0 Å². The lowest BCUT2D eigenvalue weighted by Gasteiger charge is -2.45. The van der Waals surface area contributed by atoms with Crippen molar-refractivity contribution in [3.63, 3.8) is 0 Å². The smallest absolute Gasteiger partial charge is 0.274 e. The summed E-state index contributed by atoms with van der Waals surface area (Å²) < 4.78 is 7.71. The number of carbonyl (C=O) groups is 1. The molecule has 23 heavy (non-hydrogen) atoms. The van der Waals surface area contributed by atoms with E-state index in [0.717, 1.165) is 37.3 Å². The van der Waals surface area contributed by atoms with Crippen LogP contribution in [0.15, 0.2) is 0 Å². The van der Waals surface area contributed by atoms with Crippen LogP contribution in [0.3, 0.4) is 0 Å². The minimum Gasteiger partial charge on any atom is -0.369 e. The van der Waals surface area contributed by atoms with Crippen molar-refractivity contribution < 1.29 is 9.53 Å². The van der Waals surface area contributed by atoms with Gasteiger partial charge in [-0.25, -0.2) is 0 Å². The summed E-state index contributed by atoms with van der Waals surface area (Å²) in [6.45, 7) is 10.8. The second-order valence-corrected chi connectivity index (χ2v) is 7.59. The van der Waals surface area contributed by atoms with Crippen molar-refractivity contribution in [3.8, 4) is 0 Å². The zero-order valence-electron chi connectivity index (χ0n) is 15.1. The highest BCUT2D eigenvalue weighted by atomic mass is 16.5. The van der Waals surface area contributed by atoms with Gasteiger partial charge in [0.15, 0.2) is 5.69 Å². The van der Waals surface area contributed by atoms with Gasteiger partial charge in [-0.1, -0.05) is 0 Å². The van der Waals surface area contributed by atoms with E-state index in [-0.39, 0.29) is 23.7 Å². The lowest BCUT2D eigenvalue weighted by atomic mass is 9.97. The molecule has 6 heteroatoms. The largest absolute Gasteiger partial charge is 0.369 e. The third kappa shape index (κ3) is 2.78. The molecule has 0 radical (unpaired) electrons. The van der Waals surface area contributed by atoms with Crippen LogP contribution < -0.4 is 0 Å². The number of hydrogen-bond donors (Lipinski definition) is 0. The van der Waals surface area contributed by atoms with Crippen LogP contribution in [0.5, 0.6) is 0 Å². The third-order valence-corrected chi connectivity index (χ3v) is 5.31. The van der Waals surface area contributed by atoms with E-state index in [9.17, 15) is 4.79 Å². The molecule has 2 aliphatic heterocycles. The van der Waals surface area contributed by atoms with Crippen molar-refractivity contribution >= 4 is 5.91 Å². The van der Waals surface area contributed by atoms with E-state index in [1.54, 1.807) is 0 Å². The van der Waals surface area contributed by atoms with Crippen LogP contribution in [0.2, 0.25) is 0 Å². The molecule has 0 N–H and O–H groups in total. The van der Waals surface area contributed by atoms with Crippen molar-refractivity contribution in [1.82, 2.24) is 19.6 Å². The normalized spacial score (nSPS) is 27.8. The first-order chi connectivity index (χ1) is 10.7. The molecule has 0 aromatic carbocycles.